The van der Waals surface area contributed by atoms with Crippen LogP contribution in [-0.2, 0) is 6.42 Å². The summed E-state index contributed by atoms with van der Waals surface area (Å²) in [5.41, 5.74) is 2.43. The van der Waals surface area contributed by atoms with Crippen LogP contribution in [-0.4, -0.2) is 23.0 Å². The maximum absolute atomic E-state index is 4.18. The number of nitrogens with zero attached hydrogens (tertiary/aromatic N) is 2. The zero-order chi connectivity index (χ0) is 9.97. The van der Waals surface area contributed by atoms with Gasteiger partial charge in [0.1, 0.15) is 10.9 Å². The molecule has 0 saturated carbocycles. The summed E-state index contributed by atoms with van der Waals surface area (Å²) in [4.78, 5) is 4.18. The minimum absolute atomic E-state index is 0.901. The Kier molecular flexibility index (Phi) is 2.84. The van der Waals surface area contributed by atoms with Crippen molar-refractivity contribution in [2.75, 3.05) is 13.6 Å². The lowest BCUT2D eigenvalue weighted by Crippen LogP contribution is -2.10. The first-order chi connectivity index (χ1) is 6.81. The predicted molar refractivity (Wildman–Crippen MR) is 60.5 cm³/mol. The molecule has 0 radical (unpaired) electrons. The van der Waals surface area contributed by atoms with Crippen LogP contribution >= 0.6 is 15.9 Å². The van der Waals surface area contributed by atoms with E-state index in [4.69, 9.17) is 0 Å². The van der Waals surface area contributed by atoms with Gasteiger partial charge >= 0.3 is 0 Å². The van der Waals surface area contributed by atoms with Crippen molar-refractivity contribution in [2.24, 2.45) is 0 Å². The number of likely N-dealkylation sites (N-methyl/N-ethyl adjacent to an activating group) is 1. The lowest BCUT2D eigenvalue weighted by Gasteiger charge is -2.01. The minimum atomic E-state index is 0.901. The molecule has 0 atom stereocenters. The molecular weight excluding hydrogens is 242 g/mol. The van der Waals surface area contributed by atoms with E-state index < -0.39 is 0 Å². The molecule has 0 aliphatic heterocycles. The molecule has 2 rings (SSSR count). The predicted octanol–water partition coefficient (Wildman–Crippen LogP) is 1.86. The smallest absolute Gasteiger partial charge is 0.131 e. The standard InChI is InChI=1S/C10H12BrN3/c1-12-5-4-8-2-3-9-10(11)13-7-14(9)6-8/h2-3,6-7,12H,4-5H2,1H3. The Hall–Kier alpha value is -0.870. The Morgan fingerprint density at radius 3 is 3.14 bits per heavy atom. The third-order valence-corrected chi connectivity index (χ3v) is 2.82. The molecule has 2 heterocycles. The summed E-state index contributed by atoms with van der Waals surface area (Å²) in [7, 11) is 1.96. The van der Waals surface area contributed by atoms with E-state index in [1.54, 1.807) is 0 Å². The van der Waals surface area contributed by atoms with Crippen LogP contribution in [0.4, 0.5) is 0 Å². The second-order valence-corrected chi connectivity index (χ2v) is 3.97. The van der Waals surface area contributed by atoms with Crippen LogP contribution in [0.15, 0.2) is 29.3 Å². The summed E-state index contributed by atoms with van der Waals surface area (Å²) in [5.74, 6) is 0. The quantitative estimate of drug-likeness (QED) is 0.905. The van der Waals surface area contributed by atoms with Crippen molar-refractivity contribution in [3.63, 3.8) is 0 Å². The molecular formula is C10H12BrN3. The van der Waals surface area contributed by atoms with E-state index in [0.29, 0.717) is 0 Å². The highest BCUT2D eigenvalue weighted by molar-refractivity contribution is 9.10. The summed E-state index contributed by atoms with van der Waals surface area (Å²) in [6.45, 7) is 1.00. The highest BCUT2D eigenvalue weighted by atomic mass is 79.9. The van der Waals surface area contributed by atoms with Crippen molar-refractivity contribution in [3.05, 3.63) is 34.8 Å². The van der Waals surface area contributed by atoms with Crippen LogP contribution in [0.1, 0.15) is 5.56 Å². The Morgan fingerprint density at radius 1 is 1.50 bits per heavy atom. The highest BCUT2D eigenvalue weighted by Gasteiger charge is 2.00. The second kappa shape index (κ2) is 4.11. The fraction of sp³-hybridized carbons (Fsp3) is 0.300. The molecule has 0 saturated heterocycles. The largest absolute Gasteiger partial charge is 0.319 e. The van der Waals surface area contributed by atoms with Crippen LogP contribution in [0.25, 0.3) is 5.52 Å². The Morgan fingerprint density at radius 2 is 2.36 bits per heavy atom. The normalized spacial score (nSPS) is 11.0. The number of rotatable bonds is 3. The summed E-state index contributed by atoms with van der Waals surface area (Å²) in [6.07, 6.45) is 4.98. The number of nitrogens with one attached hydrogen (secondary N) is 1. The van der Waals surface area contributed by atoms with E-state index in [1.807, 2.05) is 17.8 Å². The molecule has 0 spiro atoms. The Bertz CT molecular complexity index is 436. The molecule has 0 fully saturated rings. The van der Waals surface area contributed by atoms with Crippen molar-refractivity contribution in [2.45, 2.75) is 6.42 Å². The molecule has 0 aliphatic carbocycles. The molecule has 14 heavy (non-hydrogen) atoms. The van der Waals surface area contributed by atoms with Crippen LogP contribution in [0.3, 0.4) is 0 Å². The van der Waals surface area contributed by atoms with E-state index in [0.717, 1.165) is 23.1 Å². The van der Waals surface area contributed by atoms with E-state index in [2.05, 4.69) is 44.6 Å². The van der Waals surface area contributed by atoms with Gasteiger partial charge in [-0.3, -0.25) is 0 Å². The van der Waals surface area contributed by atoms with Gasteiger partial charge in [-0.25, -0.2) is 4.98 Å². The second-order valence-electron chi connectivity index (χ2n) is 3.22. The van der Waals surface area contributed by atoms with Gasteiger partial charge in [0.05, 0.1) is 5.52 Å². The highest BCUT2D eigenvalue weighted by Crippen LogP contribution is 2.16. The number of hydrogen-bond donors (Lipinski definition) is 1. The maximum atomic E-state index is 4.18. The van der Waals surface area contributed by atoms with Crippen molar-refractivity contribution in [1.29, 1.82) is 0 Å². The molecule has 2 aromatic rings. The third kappa shape index (κ3) is 1.81. The average molecular weight is 254 g/mol. The molecule has 0 aliphatic rings. The molecule has 74 valence electrons. The lowest BCUT2D eigenvalue weighted by molar-refractivity contribution is 0.788. The van der Waals surface area contributed by atoms with Gasteiger partial charge < -0.3 is 9.72 Å². The fourth-order valence-corrected chi connectivity index (χ4v) is 1.86. The lowest BCUT2D eigenvalue weighted by atomic mass is 10.2. The van der Waals surface area contributed by atoms with Gasteiger partial charge in [0, 0.05) is 6.20 Å². The first kappa shape index (κ1) is 9.68. The summed E-state index contributed by atoms with van der Waals surface area (Å²) in [5, 5.41) is 3.14. The number of pyridine rings is 1. The van der Waals surface area contributed by atoms with Gasteiger partial charge in [-0.15, -0.1) is 0 Å². The van der Waals surface area contributed by atoms with E-state index in [-0.39, 0.29) is 0 Å². The number of imidazole rings is 1. The van der Waals surface area contributed by atoms with E-state index in [9.17, 15) is 0 Å². The minimum Gasteiger partial charge on any atom is -0.319 e. The zero-order valence-electron chi connectivity index (χ0n) is 8.00. The molecule has 3 nitrogen and oxygen atoms in total. The fourth-order valence-electron chi connectivity index (χ4n) is 1.43. The molecule has 2 aromatic heterocycles. The number of aromatic nitrogens is 2. The Balaban J connectivity index is 2.32. The molecule has 4 heteroatoms. The number of halogens is 1. The van der Waals surface area contributed by atoms with E-state index >= 15 is 0 Å². The average Bonchev–Trinajstić information content (AvgIpc) is 2.57. The SMILES string of the molecule is CNCCc1ccc2c(Br)ncn2c1. The first-order valence-electron chi connectivity index (χ1n) is 4.57. The molecule has 0 amide bonds. The zero-order valence-corrected chi connectivity index (χ0v) is 9.58. The summed E-state index contributed by atoms with van der Waals surface area (Å²) in [6, 6.07) is 4.22. The van der Waals surface area contributed by atoms with Crippen molar-refractivity contribution >= 4 is 21.4 Å². The van der Waals surface area contributed by atoms with Gasteiger partial charge in [0.25, 0.3) is 0 Å². The van der Waals surface area contributed by atoms with Crippen LogP contribution < -0.4 is 5.32 Å². The Labute approximate surface area is 91.3 Å². The van der Waals surface area contributed by atoms with Crippen molar-refractivity contribution < 1.29 is 0 Å². The molecule has 0 aromatic carbocycles. The van der Waals surface area contributed by atoms with Crippen LogP contribution in [0.2, 0.25) is 0 Å². The maximum Gasteiger partial charge on any atom is 0.131 e. The van der Waals surface area contributed by atoms with Gasteiger partial charge in [-0.1, -0.05) is 6.07 Å². The summed E-state index contributed by atoms with van der Waals surface area (Å²) < 4.78 is 2.94. The van der Waals surface area contributed by atoms with Gasteiger partial charge in [-0.05, 0) is 47.6 Å². The van der Waals surface area contributed by atoms with Gasteiger partial charge in [0.2, 0.25) is 0 Å². The van der Waals surface area contributed by atoms with Crippen LogP contribution in [0, 0.1) is 0 Å². The number of fused-ring (bicyclic) bond motifs is 1. The molecule has 0 bridgehead atoms. The van der Waals surface area contributed by atoms with Gasteiger partial charge in [0.15, 0.2) is 0 Å². The summed E-state index contributed by atoms with van der Waals surface area (Å²) >= 11 is 3.40. The van der Waals surface area contributed by atoms with E-state index in [1.165, 1.54) is 5.56 Å². The molecule has 1 N–H and O–H groups in total. The van der Waals surface area contributed by atoms with Crippen molar-refractivity contribution in [1.82, 2.24) is 14.7 Å². The van der Waals surface area contributed by atoms with Crippen molar-refractivity contribution in [3.8, 4) is 0 Å². The molecule has 0 unspecified atom stereocenters. The monoisotopic (exact) mass is 253 g/mol. The first-order valence-corrected chi connectivity index (χ1v) is 5.36. The topological polar surface area (TPSA) is 29.3 Å². The number of hydrogen-bond acceptors (Lipinski definition) is 2. The van der Waals surface area contributed by atoms with Crippen LogP contribution in [0.5, 0.6) is 0 Å². The van der Waals surface area contributed by atoms with Gasteiger partial charge in [-0.2, -0.15) is 0 Å². The third-order valence-electron chi connectivity index (χ3n) is 2.21.